The predicted octanol–water partition coefficient (Wildman–Crippen LogP) is 3.18. The Morgan fingerprint density at radius 1 is 1.08 bits per heavy atom. The van der Waals surface area contributed by atoms with E-state index in [0.717, 1.165) is 31.2 Å². The van der Waals surface area contributed by atoms with Gasteiger partial charge in [-0.3, -0.25) is 4.68 Å². The van der Waals surface area contributed by atoms with Crippen molar-refractivity contribution in [3.8, 4) is 0 Å². The van der Waals surface area contributed by atoms with E-state index >= 15 is 0 Å². The van der Waals surface area contributed by atoms with E-state index < -0.39 is 0 Å². The van der Waals surface area contributed by atoms with Gasteiger partial charge in [-0.15, -0.1) is 0 Å². The fourth-order valence-electron chi connectivity index (χ4n) is 2.44. The molecule has 0 atom stereocenters. The summed E-state index contributed by atoms with van der Waals surface area (Å²) >= 11 is 0. The number of nitrogens with one attached hydrogen (secondary N) is 2. The second-order valence-electron chi connectivity index (χ2n) is 5.86. The van der Waals surface area contributed by atoms with Gasteiger partial charge in [0.25, 0.3) is 0 Å². The van der Waals surface area contributed by atoms with Crippen LogP contribution < -0.4 is 10.6 Å². The van der Waals surface area contributed by atoms with Gasteiger partial charge >= 0.3 is 0 Å². The quantitative estimate of drug-likeness (QED) is 0.422. The highest BCUT2D eigenvalue weighted by Gasteiger charge is 2.01. The molecule has 0 amide bonds. The SMILES string of the molecule is CCCCCNC(=NCc1cnn(Cc2ccccc2)c1)NCC. The van der Waals surface area contributed by atoms with Crippen molar-refractivity contribution in [2.45, 2.75) is 46.2 Å². The van der Waals surface area contributed by atoms with Gasteiger partial charge in [0, 0.05) is 24.8 Å². The Morgan fingerprint density at radius 3 is 2.67 bits per heavy atom. The first-order chi connectivity index (χ1) is 11.8. The Hall–Kier alpha value is -2.30. The van der Waals surface area contributed by atoms with Crippen LogP contribution in [0.2, 0.25) is 0 Å². The number of benzene rings is 1. The first kappa shape index (κ1) is 18.0. The zero-order valence-electron chi connectivity index (χ0n) is 14.8. The lowest BCUT2D eigenvalue weighted by Gasteiger charge is -2.10. The normalized spacial score (nSPS) is 11.5. The van der Waals surface area contributed by atoms with Crippen LogP contribution in [0, 0.1) is 0 Å². The summed E-state index contributed by atoms with van der Waals surface area (Å²) in [6.07, 6.45) is 7.62. The third-order valence-electron chi connectivity index (χ3n) is 3.71. The number of nitrogens with zero attached hydrogens (tertiary/aromatic N) is 3. The summed E-state index contributed by atoms with van der Waals surface area (Å²) in [5.41, 5.74) is 2.37. The number of hydrogen-bond acceptors (Lipinski definition) is 2. The molecule has 5 nitrogen and oxygen atoms in total. The zero-order valence-corrected chi connectivity index (χ0v) is 14.8. The molecule has 24 heavy (non-hydrogen) atoms. The van der Waals surface area contributed by atoms with Gasteiger partial charge in [0.1, 0.15) is 0 Å². The van der Waals surface area contributed by atoms with Crippen molar-refractivity contribution in [1.29, 1.82) is 0 Å². The Kier molecular flexibility index (Phi) is 7.87. The molecule has 0 aliphatic heterocycles. The van der Waals surface area contributed by atoms with E-state index in [2.05, 4.69) is 65.0 Å². The number of aromatic nitrogens is 2. The van der Waals surface area contributed by atoms with Crippen LogP contribution in [0.25, 0.3) is 0 Å². The van der Waals surface area contributed by atoms with E-state index in [4.69, 9.17) is 0 Å². The number of hydrogen-bond donors (Lipinski definition) is 2. The monoisotopic (exact) mass is 327 g/mol. The highest BCUT2D eigenvalue weighted by molar-refractivity contribution is 5.79. The van der Waals surface area contributed by atoms with Crippen LogP contribution in [-0.2, 0) is 13.1 Å². The van der Waals surface area contributed by atoms with Crippen molar-refractivity contribution in [3.05, 3.63) is 53.9 Å². The molecule has 0 saturated heterocycles. The molecule has 2 aromatic rings. The van der Waals surface area contributed by atoms with Gasteiger partial charge in [-0.1, -0.05) is 50.1 Å². The minimum absolute atomic E-state index is 0.637. The molecule has 0 spiro atoms. The number of aliphatic imine (C=N–C) groups is 1. The average molecular weight is 327 g/mol. The van der Waals surface area contributed by atoms with Gasteiger partial charge in [-0.05, 0) is 18.9 Å². The smallest absolute Gasteiger partial charge is 0.191 e. The summed E-state index contributed by atoms with van der Waals surface area (Å²) in [6.45, 7) is 7.56. The Balaban J connectivity index is 1.86. The molecule has 0 unspecified atom stereocenters. The van der Waals surface area contributed by atoms with Crippen LogP contribution in [0.5, 0.6) is 0 Å². The fourth-order valence-corrected chi connectivity index (χ4v) is 2.44. The van der Waals surface area contributed by atoms with Gasteiger partial charge in [0.05, 0.1) is 19.3 Å². The molecule has 0 aliphatic carbocycles. The molecular formula is C19H29N5. The van der Waals surface area contributed by atoms with E-state index in [-0.39, 0.29) is 0 Å². The third kappa shape index (κ3) is 6.44. The van der Waals surface area contributed by atoms with Crippen molar-refractivity contribution in [3.63, 3.8) is 0 Å². The van der Waals surface area contributed by atoms with Crippen molar-refractivity contribution >= 4 is 5.96 Å². The van der Waals surface area contributed by atoms with E-state index in [1.807, 2.05) is 16.9 Å². The second kappa shape index (κ2) is 10.5. The minimum atomic E-state index is 0.637. The number of unbranched alkanes of at least 4 members (excludes halogenated alkanes) is 2. The van der Waals surface area contributed by atoms with E-state index in [1.54, 1.807) is 0 Å². The van der Waals surface area contributed by atoms with E-state index in [1.165, 1.54) is 24.8 Å². The van der Waals surface area contributed by atoms with Gasteiger partial charge < -0.3 is 10.6 Å². The zero-order chi connectivity index (χ0) is 17.0. The lowest BCUT2D eigenvalue weighted by molar-refractivity contribution is 0.682. The molecule has 1 heterocycles. The van der Waals surface area contributed by atoms with Crippen LogP contribution in [0.4, 0.5) is 0 Å². The Labute approximate surface area is 145 Å². The number of rotatable bonds is 9. The molecule has 2 rings (SSSR count). The van der Waals surface area contributed by atoms with Crippen LogP contribution in [0.3, 0.4) is 0 Å². The predicted molar refractivity (Wildman–Crippen MR) is 100 cm³/mol. The van der Waals surface area contributed by atoms with Crippen molar-refractivity contribution < 1.29 is 0 Å². The largest absolute Gasteiger partial charge is 0.357 e. The lowest BCUT2D eigenvalue weighted by atomic mass is 10.2. The third-order valence-corrected chi connectivity index (χ3v) is 3.71. The summed E-state index contributed by atoms with van der Waals surface area (Å²) < 4.78 is 1.96. The Morgan fingerprint density at radius 2 is 1.92 bits per heavy atom. The molecule has 2 N–H and O–H groups in total. The first-order valence-electron chi connectivity index (χ1n) is 8.89. The molecular weight excluding hydrogens is 298 g/mol. The van der Waals surface area contributed by atoms with Crippen LogP contribution in [0.1, 0.15) is 44.2 Å². The van der Waals surface area contributed by atoms with E-state index in [9.17, 15) is 0 Å². The van der Waals surface area contributed by atoms with Gasteiger partial charge in [0.15, 0.2) is 5.96 Å². The molecule has 5 heteroatoms. The van der Waals surface area contributed by atoms with Crippen molar-refractivity contribution in [2.75, 3.05) is 13.1 Å². The van der Waals surface area contributed by atoms with Gasteiger partial charge in [-0.2, -0.15) is 5.10 Å². The summed E-state index contributed by atoms with van der Waals surface area (Å²) in [5.74, 6) is 0.879. The van der Waals surface area contributed by atoms with Crippen LogP contribution >= 0.6 is 0 Å². The molecule has 0 fully saturated rings. The number of guanidine groups is 1. The molecule has 0 saturated carbocycles. The maximum atomic E-state index is 4.64. The summed E-state index contributed by atoms with van der Waals surface area (Å²) in [4.78, 5) is 4.64. The minimum Gasteiger partial charge on any atom is -0.357 e. The highest BCUT2D eigenvalue weighted by Crippen LogP contribution is 2.05. The lowest BCUT2D eigenvalue weighted by Crippen LogP contribution is -2.37. The van der Waals surface area contributed by atoms with Gasteiger partial charge in [-0.25, -0.2) is 4.99 Å². The maximum Gasteiger partial charge on any atom is 0.191 e. The topological polar surface area (TPSA) is 54.2 Å². The molecule has 1 aromatic heterocycles. The van der Waals surface area contributed by atoms with Crippen molar-refractivity contribution in [1.82, 2.24) is 20.4 Å². The second-order valence-corrected chi connectivity index (χ2v) is 5.86. The summed E-state index contributed by atoms with van der Waals surface area (Å²) in [5, 5.41) is 11.1. The van der Waals surface area contributed by atoms with Gasteiger partial charge in [0.2, 0.25) is 0 Å². The molecule has 0 radical (unpaired) electrons. The standard InChI is InChI=1S/C19H29N5/c1-3-5-9-12-21-19(20-4-2)22-13-18-14-23-24(16-18)15-17-10-7-6-8-11-17/h6-8,10-11,14,16H,3-5,9,12-13,15H2,1-2H3,(H2,20,21,22). The maximum absolute atomic E-state index is 4.64. The Bertz CT molecular complexity index is 603. The van der Waals surface area contributed by atoms with E-state index in [0.29, 0.717) is 6.54 Å². The van der Waals surface area contributed by atoms with Crippen molar-refractivity contribution in [2.24, 2.45) is 4.99 Å². The molecule has 0 aliphatic rings. The summed E-state index contributed by atoms with van der Waals surface area (Å²) in [7, 11) is 0. The molecule has 130 valence electrons. The molecule has 0 bridgehead atoms. The average Bonchev–Trinajstić information content (AvgIpc) is 3.05. The highest BCUT2D eigenvalue weighted by atomic mass is 15.3. The molecule has 1 aromatic carbocycles. The fraction of sp³-hybridized carbons (Fsp3) is 0.474. The first-order valence-corrected chi connectivity index (χ1v) is 8.89. The van der Waals surface area contributed by atoms with Crippen LogP contribution in [0.15, 0.2) is 47.7 Å². The van der Waals surface area contributed by atoms with Crippen LogP contribution in [-0.4, -0.2) is 28.8 Å². The summed E-state index contributed by atoms with van der Waals surface area (Å²) in [6, 6.07) is 10.4.